The standard InChI is InChI=1S/C16H14FN3O2/c1-9-3-4-12(11(17)5-9)20-16-10-6-14(21)15(22-2)7-13(10)18-8-19-16/h3-8,21H,1-2H3,(H,18,19,20). The lowest BCUT2D eigenvalue weighted by Crippen LogP contribution is -1.99. The van der Waals surface area contributed by atoms with Gasteiger partial charge in [-0.2, -0.15) is 0 Å². The number of nitrogens with zero attached hydrogens (tertiary/aromatic N) is 2. The first-order chi connectivity index (χ1) is 10.6. The summed E-state index contributed by atoms with van der Waals surface area (Å²) in [5.41, 5.74) is 1.72. The van der Waals surface area contributed by atoms with Crippen molar-refractivity contribution in [3.8, 4) is 11.5 Å². The zero-order valence-corrected chi connectivity index (χ0v) is 12.1. The van der Waals surface area contributed by atoms with Crippen molar-refractivity contribution in [2.75, 3.05) is 12.4 Å². The molecule has 5 nitrogen and oxygen atoms in total. The number of anilines is 2. The Hall–Kier alpha value is -2.89. The van der Waals surface area contributed by atoms with Gasteiger partial charge in [0.2, 0.25) is 0 Å². The van der Waals surface area contributed by atoms with Gasteiger partial charge in [0.25, 0.3) is 0 Å². The number of phenolic OH excluding ortho intramolecular Hbond substituents is 1. The predicted octanol–water partition coefficient (Wildman–Crippen LogP) is 3.54. The summed E-state index contributed by atoms with van der Waals surface area (Å²) in [6.45, 7) is 1.82. The number of aromatic hydroxyl groups is 1. The van der Waals surface area contributed by atoms with Gasteiger partial charge in [-0.05, 0) is 30.7 Å². The minimum Gasteiger partial charge on any atom is -0.504 e. The Morgan fingerprint density at radius 1 is 1.18 bits per heavy atom. The van der Waals surface area contributed by atoms with Crippen LogP contribution >= 0.6 is 0 Å². The number of ether oxygens (including phenoxy) is 1. The van der Waals surface area contributed by atoms with E-state index in [0.717, 1.165) is 5.56 Å². The molecule has 0 fully saturated rings. The molecule has 6 heteroatoms. The Bertz CT molecular complexity index is 852. The first-order valence-electron chi connectivity index (χ1n) is 6.63. The smallest absolute Gasteiger partial charge is 0.162 e. The van der Waals surface area contributed by atoms with Gasteiger partial charge in [-0.25, -0.2) is 14.4 Å². The van der Waals surface area contributed by atoms with Crippen molar-refractivity contribution in [3.05, 3.63) is 48.0 Å². The molecule has 1 aromatic heterocycles. The molecule has 0 aliphatic rings. The first-order valence-corrected chi connectivity index (χ1v) is 6.63. The zero-order chi connectivity index (χ0) is 15.7. The third kappa shape index (κ3) is 2.50. The molecule has 2 N–H and O–H groups in total. The summed E-state index contributed by atoms with van der Waals surface area (Å²) in [6, 6.07) is 7.97. The van der Waals surface area contributed by atoms with E-state index in [1.807, 2.05) is 6.92 Å². The van der Waals surface area contributed by atoms with Crippen LogP contribution in [0.4, 0.5) is 15.9 Å². The van der Waals surface area contributed by atoms with E-state index in [1.165, 1.54) is 25.6 Å². The molecule has 0 radical (unpaired) electrons. The highest BCUT2D eigenvalue weighted by Crippen LogP contribution is 2.33. The molecular formula is C16H14FN3O2. The van der Waals surface area contributed by atoms with Crippen LogP contribution in [0.2, 0.25) is 0 Å². The van der Waals surface area contributed by atoms with Crippen LogP contribution in [0.15, 0.2) is 36.7 Å². The van der Waals surface area contributed by atoms with E-state index >= 15 is 0 Å². The molecule has 1 heterocycles. The highest BCUT2D eigenvalue weighted by molar-refractivity contribution is 5.92. The van der Waals surface area contributed by atoms with Crippen LogP contribution in [0.1, 0.15) is 5.56 Å². The molecule has 0 unspecified atom stereocenters. The van der Waals surface area contributed by atoms with E-state index in [4.69, 9.17) is 4.74 Å². The summed E-state index contributed by atoms with van der Waals surface area (Å²) in [5, 5.41) is 13.4. The molecule has 0 atom stereocenters. The number of hydrogen-bond acceptors (Lipinski definition) is 5. The van der Waals surface area contributed by atoms with Gasteiger partial charge in [0.15, 0.2) is 11.5 Å². The lowest BCUT2D eigenvalue weighted by Gasteiger charge is -2.11. The summed E-state index contributed by atoms with van der Waals surface area (Å²) in [4.78, 5) is 8.26. The van der Waals surface area contributed by atoms with Crippen molar-refractivity contribution < 1.29 is 14.2 Å². The molecule has 0 saturated carbocycles. The first kappa shape index (κ1) is 14.1. The molecular weight excluding hydrogens is 285 g/mol. The third-order valence-corrected chi connectivity index (χ3v) is 3.31. The Labute approximate surface area is 126 Å². The SMILES string of the molecule is COc1cc2ncnc(Nc3ccc(C)cc3F)c2cc1O. The molecule has 112 valence electrons. The minimum atomic E-state index is -0.371. The Morgan fingerprint density at radius 2 is 2.00 bits per heavy atom. The number of rotatable bonds is 3. The number of benzene rings is 2. The quantitative estimate of drug-likeness (QED) is 0.774. The third-order valence-electron chi connectivity index (χ3n) is 3.31. The van der Waals surface area contributed by atoms with Crippen LogP contribution in [0.25, 0.3) is 10.9 Å². The highest BCUT2D eigenvalue weighted by Gasteiger charge is 2.11. The monoisotopic (exact) mass is 299 g/mol. The van der Waals surface area contributed by atoms with Crippen LogP contribution in [-0.4, -0.2) is 22.2 Å². The largest absolute Gasteiger partial charge is 0.504 e. The topological polar surface area (TPSA) is 67.3 Å². The van der Waals surface area contributed by atoms with Crippen LogP contribution in [0.5, 0.6) is 11.5 Å². The Kier molecular flexibility index (Phi) is 3.50. The van der Waals surface area contributed by atoms with Crippen molar-refractivity contribution >= 4 is 22.4 Å². The average Bonchev–Trinajstić information content (AvgIpc) is 2.50. The summed E-state index contributed by atoms with van der Waals surface area (Å²) in [7, 11) is 1.46. The summed E-state index contributed by atoms with van der Waals surface area (Å²) >= 11 is 0. The van der Waals surface area contributed by atoms with Crippen molar-refractivity contribution in [3.63, 3.8) is 0 Å². The number of halogens is 1. The fourth-order valence-corrected chi connectivity index (χ4v) is 2.18. The summed E-state index contributed by atoms with van der Waals surface area (Å²) in [6.07, 6.45) is 1.37. The van der Waals surface area contributed by atoms with E-state index in [1.54, 1.807) is 18.2 Å². The van der Waals surface area contributed by atoms with Crippen molar-refractivity contribution in [2.45, 2.75) is 6.92 Å². The van der Waals surface area contributed by atoms with E-state index in [9.17, 15) is 9.50 Å². The van der Waals surface area contributed by atoms with Crippen molar-refractivity contribution in [2.24, 2.45) is 0 Å². The van der Waals surface area contributed by atoms with Gasteiger partial charge < -0.3 is 15.2 Å². The maximum atomic E-state index is 14.0. The molecule has 0 saturated heterocycles. The van der Waals surface area contributed by atoms with Gasteiger partial charge in [0.05, 0.1) is 18.3 Å². The summed E-state index contributed by atoms with van der Waals surface area (Å²) < 4.78 is 19.0. The second kappa shape index (κ2) is 5.48. The maximum absolute atomic E-state index is 14.0. The molecule has 3 aromatic rings. The van der Waals surface area contributed by atoms with Gasteiger partial charge in [-0.1, -0.05) is 6.07 Å². The van der Waals surface area contributed by atoms with E-state index in [2.05, 4.69) is 15.3 Å². The van der Waals surface area contributed by atoms with E-state index < -0.39 is 0 Å². The lowest BCUT2D eigenvalue weighted by atomic mass is 10.2. The minimum absolute atomic E-state index is 0.0303. The van der Waals surface area contributed by atoms with E-state index in [-0.39, 0.29) is 11.6 Å². The van der Waals surface area contributed by atoms with Gasteiger partial charge in [0, 0.05) is 11.5 Å². The number of aryl methyl sites for hydroxylation is 1. The zero-order valence-electron chi connectivity index (χ0n) is 12.1. The normalized spacial score (nSPS) is 10.7. The van der Waals surface area contributed by atoms with Crippen LogP contribution in [0.3, 0.4) is 0 Å². The van der Waals surface area contributed by atoms with Crippen molar-refractivity contribution in [1.29, 1.82) is 0 Å². The molecule has 2 aromatic carbocycles. The molecule has 0 spiro atoms. The number of nitrogens with one attached hydrogen (secondary N) is 1. The number of aromatic nitrogens is 2. The number of methoxy groups -OCH3 is 1. The second-order valence-corrected chi connectivity index (χ2v) is 4.87. The number of fused-ring (bicyclic) bond motifs is 1. The molecule has 3 rings (SSSR count). The number of hydrogen-bond donors (Lipinski definition) is 2. The fraction of sp³-hybridized carbons (Fsp3) is 0.125. The van der Waals surface area contributed by atoms with Gasteiger partial charge >= 0.3 is 0 Å². The van der Waals surface area contributed by atoms with Gasteiger partial charge in [-0.15, -0.1) is 0 Å². The molecule has 0 aliphatic heterocycles. The Morgan fingerprint density at radius 3 is 2.73 bits per heavy atom. The van der Waals surface area contributed by atoms with Crippen LogP contribution in [-0.2, 0) is 0 Å². The maximum Gasteiger partial charge on any atom is 0.162 e. The van der Waals surface area contributed by atoms with Crippen molar-refractivity contribution in [1.82, 2.24) is 9.97 Å². The molecule has 0 amide bonds. The van der Waals surface area contributed by atoms with Gasteiger partial charge in [0.1, 0.15) is 18.0 Å². The van der Waals surface area contributed by atoms with Crippen LogP contribution in [0, 0.1) is 12.7 Å². The highest BCUT2D eigenvalue weighted by atomic mass is 19.1. The van der Waals surface area contributed by atoms with Gasteiger partial charge in [-0.3, -0.25) is 0 Å². The predicted molar refractivity (Wildman–Crippen MR) is 82.2 cm³/mol. The molecule has 0 aliphatic carbocycles. The van der Waals surface area contributed by atoms with E-state index in [0.29, 0.717) is 28.2 Å². The van der Waals surface area contributed by atoms with Crippen LogP contribution < -0.4 is 10.1 Å². The second-order valence-electron chi connectivity index (χ2n) is 4.87. The fourth-order valence-electron chi connectivity index (χ4n) is 2.18. The lowest BCUT2D eigenvalue weighted by molar-refractivity contribution is 0.374. The number of phenols is 1. The molecule has 0 bridgehead atoms. The Balaban J connectivity index is 2.09. The molecule has 22 heavy (non-hydrogen) atoms. The average molecular weight is 299 g/mol. The summed E-state index contributed by atoms with van der Waals surface area (Å²) in [5.74, 6) is 0.325.